The fraction of sp³-hybridized carbons (Fsp3) is 0.459. The van der Waals surface area contributed by atoms with Gasteiger partial charge in [-0.1, -0.05) is 0 Å². The molecule has 3 aliphatic carbocycles. The number of hydrogen-bond acceptors (Lipinski definition) is 9. The Bertz CT molecular complexity index is 2180. The van der Waals surface area contributed by atoms with Crippen molar-refractivity contribution in [2.45, 2.75) is 44.8 Å². The van der Waals surface area contributed by atoms with Crippen LogP contribution in [-0.4, -0.2) is 91.0 Å². The van der Waals surface area contributed by atoms with Gasteiger partial charge < -0.3 is 28.8 Å². The number of aromatic hydroxyl groups is 1. The van der Waals surface area contributed by atoms with E-state index in [4.69, 9.17) is 14.7 Å². The molecule has 1 aromatic carbocycles. The zero-order valence-electron chi connectivity index (χ0n) is 27.7. The molecule has 1 amide bonds. The van der Waals surface area contributed by atoms with Crippen LogP contribution in [0.5, 0.6) is 11.8 Å². The summed E-state index contributed by atoms with van der Waals surface area (Å²) in [6, 6.07) is 10.4. The lowest BCUT2D eigenvalue weighted by Gasteiger charge is -2.52. The molecule has 5 fully saturated rings. The molecule has 10 rings (SSSR count). The molecule has 5 aliphatic rings. The number of ether oxygens (including phenoxy) is 1. The Kier molecular flexibility index (Phi) is 6.35. The molecule has 3 saturated carbocycles. The number of fused-ring (bicyclic) bond motifs is 2. The van der Waals surface area contributed by atoms with Crippen molar-refractivity contribution in [1.29, 1.82) is 0 Å². The van der Waals surface area contributed by atoms with E-state index >= 15 is 0 Å². The van der Waals surface area contributed by atoms with Crippen LogP contribution < -0.4 is 9.64 Å². The normalized spacial score (nSPS) is 24.4. The maximum absolute atomic E-state index is 14.1. The molecular formula is C37H39N9O3. The summed E-state index contributed by atoms with van der Waals surface area (Å²) in [6.45, 7) is 3.94. The van der Waals surface area contributed by atoms with E-state index in [0.29, 0.717) is 47.5 Å². The molecule has 1 N–H and O–H groups in total. The van der Waals surface area contributed by atoms with Crippen molar-refractivity contribution < 1.29 is 14.6 Å². The van der Waals surface area contributed by atoms with Gasteiger partial charge in [-0.2, -0.15) is 4.98 Å². The molecule has 6 heterocycles. The fourth-order valence-corrected chi connectivity index (χ4v) is 9.24. The van der Waals surface area contributed by atoms with Crippen LogP contribution >= 0.6 is 0 Å². The molecule has 2 aliphatic heterocycles. The van der Waals surface area contributed by atoms with Crippen molar-refractivity contribution in [3.05, 3.63) is 53.9 Å². The van der Waals surface area contributed by atoms with E-state index in [1.807, 2.05) is 24.4 Å². The molecule has 3 unspecified atom stereocenters. The number of nitrogens with zero attached hydrogens (tertiary/aromatic N) is 9. The van der Waals surface area contributed by atoms with Crippen LogP contribution in [0.25, 0.3) is 33.6 Å². The first-order chi connectivity index (χ1) is 24.0. The van der Waals surface area contributed by atoms with Crippen LogP contribution in [-0.2, 0) is 13.1 Å². The maximum atomic E-state index is 14.1. The van der Waals surface area contributed by atoms with E-state index in [-0.39, 0.29) is 17.8 Å². The first-order valence-corrected chi connectivity index (χ1v) is 17.5. The van der Waals surface area contributed by atoms with E-state index in [9.17, 15) is 9.90 Å². The predicted octanol–water partition coefficient (Wildman–Crippen LogP) is 4.63. The Morgan fingerprint density at radius 1 is 1.04 bits per heavy atom. The summed E-state index contributed by atoms with van der Waals surface area (Å²) in [5.74, 6) is 5.41. The van der Waals surface area contributed by atoms with Gasteiger partial charge in [-0.25, -0.2) is 15.0 Å². The van der Waals surface area contributed by atoms with Gasteiger partial charge in [-0.3, -0.25) is 9.79 Å². The average molecular weight is 658 g/mol. The summed E-state index contributed by atoms with van der Waals surface area (Å²) in [4.78, 5) is 40.9. The SMILES string of the molecule is C/N=C/c1cnc(O)nc1N1CC(Cn2c(-c3cc4cccnc4n3CC3CC3)nc3cc(C(=O)N4CC5CC6CC4[C@H]65)cc(OC)c32)C1. The van der Waals surface area contributed by atoms with Crippen LogP contribution in [0.15, 0.2) is 47.7 Å². The minimum absolute atomic E-state index is 0.0929. The molecule has 0 bridgehead atoms. The predicted molar refractivity (Wildman–Crippen MR) is 185 cm³/mol. The van der Waals surface area contributed by atoms with Gasteiger partial charge in [0.1, 0.15) is 22.7 Å². The highest BCUT2D eigenvalue weighted by atomic mass is 16.5. The average Bonchev–Trinajstić information content (AvgIpc) is 3.73. The highest BCUT2D eigenvalue weighted by Gasteiger charge is 2.61. The summed E-state index contributed by atoms with van der Waals surface area (Å²) in [7, 11) is 3.40. The van der Waals surface area contributed by atoms with Gasteiger partial charge >= 0.3 is 6.01 Å². The summed E-state index contributed by atoms with van der Waals surface area (Å²) in [6.07, 6.45) is 10.0. The van der Waals surface area contributed by atoms with Crippen LogP contribution in [0.2, 0.25) is 0 Å². The molecule has 250 valence electrons. The number of carbonyl (C=O) groups excluding carboxylic acids is 1. The second kappa shape index (κ2) is 10.8. The molecular weight excluding hydrogens is 618 g/mol. The van der Waals surface area contributed by atoms with Crippen molar-refractivity contribution in [3.63, 3.8) is 0 Å². The Labute approximate surface area is 283 Å². The van der Waals surface area contributed by atoms with Crippen molar-refractivity contribution in [2.75, 3.05) is 38.7 Å². The van der Waals surface area contributed by atoms with E-state index in [1.165, 1.54) is 19.3 Å². The third-order valence-electron chi connectivity index (χ3n) is 11.8. The van der Waals surface area contributed by atoms with Gasteiger partial charge in [0.15, 0.2) is 5.82 Å². The number of hydrogen-bond donors (Lipinski definition) is 1. The summed E-state index contributed by atoms with van der Waals surface area (Å²) in [5, 5.41) is 11.1. The number of methoxy groups -OCH3 is 1. The van der Waals surface area contributed by atoms with Crippen molar-refractivity contribution in [1.82, 2.24) is 34.0 Å². The second-order valence-corrected chi connectivity index (χ2v) is 14.8. The molecule has 4 aromatic heterocycles. The van der Waals surface area contributed by atoms with E-state index < -0.39 is 0 Å². The van der Waals surface area contributed by atoms with Crippen LogP contribution in [0.4, 0.5) is 5.82 Å². The smallest absolute Gasteiger partial charge is 0.315 e. The van der Waals surface area contributed by atoms with Crippen LogP contribution in [0.3, 0.4) is 0 Å². The third-order valence-corrected chi connectivity index (χ3v) is 11.8. The van der Waals surface area contributed by atoms with Crippen molar-refractivity contribution in [2.24, 2.45) is 34.6 Å². The largest absolute Gasteiger partial charge is 0.494 e. The quantitative estimate of drug-likeness (QED) is 0.228. The van der Waals surface area contributed by atoms with E-state index in [2.05, 4.69) is 46.0 Å². The number of aliphatic imine (C=N–C) groups is 1. The molecule has 4 atom stereocenters. The summed E-state index contributed by atoms with van der Waals surface area (Å²) < 4.78 is 10.7. The number of rotatable bonds is 9. The first-order valence-electron chi connectivity index (χ1n) is 17.5. The minimum Gasteiger partial charge on any atom is -0.494 e. The number of anilines is 1. The number of likely N-dealkylation sites (tertiary alicyclic amines) is 1. The number of amides is 1. The molecule has 0 spiro atoms. The molecule has 49 heavy (non-hydrogen) atoms. The summed E-state index contributed by atoms with van der Waals surface area (Å²) >= 11 is 0. The molecule has 5 aromatic rings. The van der Waals surface area contributed by atoms with Gasteiger partial charge in [0, 0.05) is 81.3 Å². The number of carbonyl (C=O) groups is 1. The minimum atomic E-state index is -0.250. The Hall–Kier alpha value is -5.00. The lowest BCUT2D eigenvalue weighted by atomic mass is 9.53. The van der Waals surface area contributed by atoms with Gasteiger partial charge in [0.05, 0.1) is 23.9 Å². The summed E-state index contributed by atoms with van der Waals surface area (Å²) in [5.41, 5.74) is 5.08. The first kappa shape index (κ1) is 29.0. The fourth-order valence-electron chi connectivity index (χ4n) is 9.24. The van der Waals surface area contributed by atoms with Crippen molar-refractivity contribution in [3.8, 4) is 23.3 Å². The van der Waals surface area contributed by atoms with E-state index in [1.54, 1.807) is 26.6 Å². The monoisotopic (exact) mass is 657 g/mol. The molecule has 12 nitrogen and oxygen atoms in total. The maximum Gasteiger partial charge on any atom is 0.315 e. The number of imidazole rings is 1. The van der Waals surface area contributed by atoms with Crippen molar-refractivity contribution >= 4 is 40.0 Å². The number of benzene rings is 1. The van der Waals surface area contributed by atoms with Crippen LogP contribution in [0.1, 0.15) is 41.6 Å². The Balaban J connectivity index is 1.06. The standard InChI is InChI=1S/C37H39N9O3/c1-38-13-26-14-40-37(48)42-34(26)43-15-21(16-43)18-46-32-27(41-35(46)29-10-22-4-3-7-39-33(22)44(29)17-20-5-6-20)9-24(12-30(32)49-2)36(47)45-19-25-8-23-11-28(45)31(23)25/h3-4,7,9-10,12-14,20-21,23,25,28,31H,5-6,8,11,15-19H2,1-2H3,(H,40,42,48)/b38-13+/t23?,25?,28?,31-/m1/s1. The Morgan fingerprint density at radius 3 is 2.67 bits per heavy atom. The molecule has 12 heteroatoms. The zero-order valence-corrected chi connectivity index (χ0v) is 27.7. The lowest BCUT2D eigenvalue weighted by molar-refractivity contribution is -0.0204. The van der Waals surface area contributed by atoms with Crippen LogP contribution in [0, 0.1) is 29.6 Å². The van der Waals surface area contributed by atoms with Gasteiger partial charge in [-0.15, -0.1) is 0 Å². The third kappa shape index (κ3) is 4.48. The topological polar surface area (TPSA) is 127 Å². The zero-order chi connectivity index (χ0) is 33.0. The second-order valence-electron chi connectivity index (χ2n) is 14.8. The molecule has 0 radical (unpaired) electrons. The van der Waals surface area contributed by atoms with E-state index in [0.717, 1.165) is 77.7 Å². The van der Waals surface area contributed by atoms with Gasteiger partial charge in [-0.05, 0) is 79.7 Å². The lowest BCUT2D eigenvalue weighted by Crippen LogP contribution is -2.53. The Morgan fingerprint density at radius 2 is 1.90 bits per heavy atom. The molecule has 2 saturated heterocycles. The number of aromatic nitrogens is 6. The van der Waals surface area contributed by atoms with Gasteiger partial charge in [0.25, 0.3) is 5.91 Å². The number of pyridine rings is 1. The highest BCUT2D eigenvalue weighted by Crippen LogP contribution is 2.60. The van der Waals surface area contributed by atoms with Gasteiger partial charge in [0.2, 0.25) is 0 Å². The highest BCUT2D eigenvalue weighted by molar-refractivity contribution is 6.00.